The van der Waals surface area contributed by atoms with E-state index in [1.165, 1.54) is 12.1 Å². The quantitative estimate of drug-likeness (QED) is 0.469. The van der Waals surface area contributed by atoms with E-state index in [1.807, 2.05) is 54.6 Å². The van der Waals surface area contributed by atoms with Crippen LogP contribution in [0.25, 0.3) is 11.1 Å². The van der Waals surface area contributed by atoms with E-state index in [9.17, 15) is 10.1 Å². The highest BCUT2D eigenvalue weighted by Gasteiger charge is 2.11. The molecule has 0 aliphatic heterocycles. The molecular weight excluding hydrogens is 356 g/mol. The Hall–Kier alpha value is -2.66. The highest BCUT2D eigenvalue weighted by Crippen LogP contribution is 2.34. The standard InChI is InChI=1S/C18H13BrN2O2/c19-16-11-10-14(21(22)23)12-18(16)20-17-9-5-4-8-15(17)13-6-2-1-3-7-13/h1-12,20H. The number of hydrogen-bond acceptors (Lipinski definition) is 3. The summed E-state index contributed by atoms with van der Waals surface area (Å²) in [6.07, 6.45) is 0. The Labute approximate surface area is 142 Å². The second-order valence-corrected chi connectivity index (χ2v) is 5.81. The fourth-order valence-electron chi connectivity index (χ4n) is 2.33. The summed E-state index contributed by atoms with van der Waals surface area (Å²) in [7, 11) is 0. The van der Waals surface area contributed by atoms with Gasteiger partial charge < -0.3 is 5.32 Å². The molecule has 23 heavy (non-hydrogen) atoms. The van der Waals surface area contributed by atoms with Crippen LogP contribution in [0.4, 0.5) is 17.1 Å². The summed E-state index contributed by atoms with van der Waals surface area (Å²) in [5.74, 6) is 0. The molecule has 3 rings (SSSR count). The van der Waals surface area contributed by atoms with Gasteiger partial charge in [0.25, 0.3) is 5.69 Å². The van der Waals surface area contributed by atoms with Crippen LogP contribution in [0.15, 0.2) is 77.3 Å². The largest absolute Gasteiger partial charge is 0.354 e. The van der Waals surface area contributed by atoms with E-state index in [4.69, 9.17) is 0 Å². The third-order valence-electron chi connectivity index (χ3n) is 3.44. The lowest BCUT2D eigenvalue weighted by Crippen LogP contribution is -1.96. The van der Waals surface area contributed by atoms with Crippen molar-refractivity contribution in [3.63, 3.8) is 0 Å². The van der Waals surface area contributed by atoms with Gasteiger partial charge in [-0.2, -0.15) is 0 Å². The lowest BCUT2D eigenvalue weighted by molar-refractivity contribution is -0.384. The zero-order valence-electron chi connectivity index (χ0n) is 12.1. The summed E-state index contributed by atoms with van der Waals surface area (Å²) in [6.45, 7) is 0. The van der Waals surface area contributed by atoms with Crippen molar-refractivity contribution >= 4 is 33.0 Å². The first-order valence-corrected chi connectivity index (χ1v) is 7.80. The van der Waals surface area contributed by atoms with Gasteiger partial charge in [0.15, 0.2) is 0 Å². The van der Waals surface area contributed by atoms with Crippen LogP contribution in [0.2, 0.25) is 0 Å². The maximum Gasteiger partial charge on any atom is 0.271 e. The van der Waals surface area contributed by atoms with Crippen LogP contribution in [0.3, 0.4) is 0 Å². The van der Waals surface area contributed by atoms with E-state index in [2.05, 4.69) is 21.2 Å². The van der Waals surface area contributed by atoms with Crippen molar-refractivity contribution in [2.24, 2.45) is 0 Å². The monoisotopic (exact) mass is 368 g/mol. The summed E-state index contributed by atoms with van der Waals surface area (Å²) < 4.78 is 0.769. The summed E-state index contributed by atoms with van der Waals surface area (Å²) >= 11 is 3.43. The predicted molar refractivity (Wildman–Crippen MR) is 96.0 cm³/mol. The SMILES string of the molecule is O=[N+]([O-])c1ccc(Br)c(Nc2ccccc2-c2ccccc2)c1. The smallest absolute Gasteiger partial charge is 0.271 e. The molecule has 0 bridgehead atoms. The van der Waals surface area contributed by atoms with Gasteiger partial charge in [0, 0.05) is 27.9 Å². The fourth-order valence-corrected chi connectivity index (χ4v) is 2.68. The second kappa shape index (κ2) is 6.62. The number of nitro groups is 1. The summed E-state index contributed by atoms with van der Waals surface area (Å²) in [5.41, 5.74) is 3.71. The maximum atomic E-state index is 11.0. The van der Waals surface area contributed by atoms with Crippen LogP contribution in [0, 0.1) is 10.1 Å². The van der Waals surface area contributed by atoms with Gasteiger partial charge in [-0.1, -0.05) is 48.5 Å². The van der Waals surface area contributed by atoms with Crippen molar-refractivity contribution in [2.75, 3.05) is 5.32 Å². The molecule has 1 N–H and O–H groups in total. The predicted octanol–water partition coefficient (Wildman–Crippen LogP) is 5.77. The molecule has 4 nitrogen and oxygen atoms in total. The molecule has 0 spiro atoms. The van der Waals surface area contributed by atoms with Gasteiger partial charge in [-0.05, 0) is 33.6 Å². The number of halogens is 1. The van der Waals surface area contributed by atoms with E-state index < -0.39 is 4.92 Å². The number of hydrogen-bond donors (Lipinski definition) is 1. The molecular formula is C18H13BrN2O2. The molecule has 3 aromatic carbocycles. The molecule has 0 aliphatic rings. The van der Waals surface area contributed by atoms with Crippen molar-refractivity contribution in [1.29, 1.82) is 0 Å². The van der Waals surface area contributed by atoms with Crippen LogP contribution in [-0.2, 0) is 0 Å². The number of benzene rings is 3. The minimum atomic E-state index is -0.402. The van der Waals surface area contributed by atoms with Crippen LogP contribution < -0.4 is 5.32 Å². The Morgan fingerprint density at radius 3 is 2.30 bits per heavy atom. The number of nitro benzene ring substituents is 1. The zero-order chi connectivity index (χ0) is 16.2. The first-order chi connectivity index (χ1) is 11.1. The number of rotatable bonds is 4. The average molecular weight is 369 g/mol. The number of anilines is 2. The first kappa shape index (κ1) is 15.2. The van der Waals surface area contributed by atoms with Gasteiger partial charge in [-0.25, -0.2) is 0 Å². The van der Waals surface area contributed by atoms with Crippen LogP contribution in [0.5, 0.6) is 0 Å². The van der Waals surface area contributed by atoms with Crippen LogP contribution in [0.1, 0.15) is 0 Å². The molecule has 0 heterocycles. The van der Waals surface area contributed by atoms with Crippen molar-refractivity contribution in [1.82, 2.24) is 0 Å². The third-order valence-corrected chi connectivity index (χ3v) is 4.13. The Bertz CT molecular complexity index is 851. The molecule has 0 radical (unpaired) electrons. The van der Waals surface area contributed by atoms with E-state index in [-0.39, 0.29) is 5.69 Å². The topological polar surface area (TPSA) is 55.2 Å². The highest BCUT2D eigenvalue weighted by atomic mass is 79.9. The Balaban J connectivity index is 2.02. The summed E-state index contributed by atoms with van der Waals surface area (Å²) in [5, 5.41) is 14.3. The molecule has 0 amide bonds. The van der Waals surface area contributed by atoms with Crippen molar-refractivity contribution in [2.45, 2.75) is 0 Å². The van der Waals surface area contributed by atoms with E-state index in [0.29, 0.717) is 5.69 Å². The molecule has 0 aromatic heterocycles. The van der Waals surface area contributed by atoms with Crippen molar-refractivity contribution in [3.05, 3.63) is 87.4 Å². The van der Waals surface area contributed by atoms with Gasteiger partial charge in [-0.3, -0.25) is 10.1 Å². The molecule has 0 unspecified atom stereocenters. The van der Waals surface area contributed by atoms with Crippen molar-refractivity contribution < 1.29 is 4.92 Å². The average Bonchev–Trinajstić information content (AvgIpc) is 2.58. The summed E-state index contributed by atoms with van der Waals surface area (Å²) in [4.78, 5) is 10.6. The lowest BCUT2D eigenvalue weighted by atomic mass is 10.0. The maximum absolute atomic E-state index is 11.0. The molecule has 0 fully saturated rings. The van der Waals surface area contributed by atoms with Crippen molar-refractivity contribution in [3.8, 4) is 11.1 Å². The van der Waals surface area contributed by atoms with Gasteiger partial charge in [0.2, 0.25) is 0 Å². The van der Waals surface area contributed by atoms with E-state index >= 15 is 0 Å². The van der Waals surface area contributed by atoms with Gasteiger partial charge >= 0.3 is 0 Å². The van der Waals surface area contributed by atoms with Gasteiger partial charge in [0.1, 0.15) is 0 Å². The van der Waals surface area contributed by atoms with E-state index in [0.717, 1.165) is 21.3 Å². The first-order valence-electron chi connectivity index (χ1n) is 7.00. The molecule has 0 saturated heterocycles. The third kappa shape index (κ3) is 3.40. The minimum Gasteiger partial charge on any atom is -0.354 e. The second-order valence-electron chi connectivity index (χ2n) is 4.96. The Kier molecular flexibility index (Phi) is 4.39. The Morgan fingerprint density at radius 1 is 0.870 bits per heavy atom. The van der Waals surface area contributed by atoms with Crippen LogP contribution in [-0.4, -0.2) is 4.92 Å². The van der Waals surface area contributed by atoms with Gasteiger partial charge in [0.05, 0.1) is 10.6 Å². The number of para-hydroxylation sites is 1. The fraction of sp³-hybridized carbons (Fsp3) is 0. The zero-order valence-corrected chi connectivity index (χ0v) is 13.7. The molecule has 5 heteroatoms. The normalized spacial score (nSPS) is 10.3. The summed E-state index contributed by atoms with van der Waals surface area (Å²) in [6, 6.07) is 22.5. The van der Waals surface area contributed by atoms with Crippen LogP contribution >= 0.6 is 15.9 Å². The molecule has 0 saturated carbocycles. The molecule has 0 aliphatic carbocycles. The highest BCUT2D eigenvalue weighted by molar-refractivity contribution is 9.10. The molecule has 114 valence electrons. The lowest BCUT2D eigenvalue weighted by Gasteiger charge is -2.13. The van der Waals surface area contributed by atoms with Gasteiger partial charge in [-0.15, -0.1) is 0 Å². The number of nitrogens with one attached hydrogen (secondary N) is 1. The minimum absolute atomic E-state index is 0.0490. The van der Waals surface area contributed by atoms with E-state index in [1.54, 1.807) is 6.07 Å². The number of nitrogens with zero attached hydrogens (tertiary/aromatic N) is 1. The Morgan fingerprint density at radius 2 is 1.57 bits per heavy atom. The molecule has 0 atom stereocenters. The molecule has 3 aromatic rings. The number of non-ortho nitro benzene ring substituents is 1.